The first-order chi connectivity index (χ1) is 9.22. The van der Waals surface area contributed by atoms with E-state index in [0.29, 0.717) is 23.0 Å². The number of carbonyl (C=O) groups excluding carboxylic acids is 1. The summed E-state index contributed by atoms with van der Waals surface area (Å²) in [6.45, 7) is 0.307. The number of amides is 1. The summed E-state index contributed by atoms with van der Waals surface area (Å²) >= 11 is 5.92. The molecule has 98 valence electrons. The average molecular weight is 278 g/mol. The third-order valence-corrected chi connectivity index (χ3v) is 2.82. The molecule has 0 aliphatic rings. The van der Waals surface area contributed by atoms with Gasteiger partial charge >= 0.3 is 0 Å². The molecule has 5 nitrogen and oxygen atoms in total. The maximum atomic E-state index is 11.9. The van der Waals surface area contributed by atoms with Gasteiger partial charge in [-0.1, -0.05) is 17.7 Å². The van der Waals surface area contributed by atoms with Crippen molar-refractivity contribution in [1.82, 2.24) is 15.3 Å². The van der Waals surface area contributed by atoms with Crippen molar-refractivity contribution in [3.63, 3.8) is 0 Å². The van der Waals surface area contributed by atoms with Crippen LogP contribution in [0, 0.1) is 0 Å². The molecule has 0 aliphatic heterocycles. The molecule has 0 spiro atoms. The second-order valence-electron chi connectivity index (χ2n) is 3.71. The van der Waals surface area contributed by atoms with Crippen LogP contribution in [0.2, 0.25) is 5.02 Å². The number of halogens is 1. The molecule has 0 saturated carbocycles. The molecule has 6 heteroatoms. The Morgan fingerprint density at radius 1 is 1.42 bits per heavy atom. The molecule has 0 aliphatic carbocycles. The predicted octanol–water partition coefficient (Wildman–Crippen LogP) is 2.07. The van der Waals surface area contributed by atoms with Gasteiger partial charge in [0.2, 0.25) is 5.88 Å². The fraction of sp³-hybridized carbons (Fsp3) is 0.154. The van der Waals surface area contributed by atoms with Crippen LogP contribution in [0.3, 0.4) is 0 Å². The van der Waals surface area contributed by atoms with Crippen molar-refractivity contribution in [3.8, 4) is 5.88 Å². The number of hydrogen-bond donors (Lipinski definition) is 1. The average Bonchev–Trinajstić information content (AvgIpc) is 2.45. The highest BCUT2D eigenvalue weighted by molar-refractivity contribution is 6.33. The molecule has 1 N–H and O–H groups in total. The molecule has 2 rings (SSSR count). The van der Waals surface area contributed by atoms with Crippen molar-refractivity contribution in [1.29, 1.82) is 0 Å². The number of hydrogen-bond acceptors (Lipinski definition) is 4. The highest BCUT2D eigenvalue weighted by atomic mass is 35.5. The van der Waals surface area contributed by atoms with E-state index in [1.807, 2.05) is 6.07 Å². The number of methoxy groups -OCH3 is 1. The Morgan fingerprint density at radius 2 is 2.26 bits per heavy atom. The first-order valence-electron chi connectivity index (χ1n) is 5.58. The Bertz CT molecular complexity index is 590. The minimum Gasteiger partial charge on any atom is -0.481 e. The summed E-state index contributed by atoms with van der Waals surface area (Å²) < 4.78 is 5.11. The number of nitrogens with one attached hydrogen (secondary N) is 1. The third-order valence-electron chi connectivity index (χ3n) is 2.50. The maximum absolute atomic E-state index is 11.9. The predicted molar refractivity (Wildman–Crippen MR) is 71.2 cm³/mol. The molecular formula is C13H12ClN3O2. The molecule has 19 heavy (non-hydrogen) atoms. The zero-order chi connectivity index (χ0) is 13.7. The Kier molecular flexibility index (Phi) is 4.30. The van der Waals surface area contributed by atoms with Crippen LogP contribution in [0.25, 0.3) is 0 Å². The molecular weight excluding hydrogens is 266 g/mol. The molecule has 0 fully saturated rings. The summed E-state index contributed by atoms with van der Waals surface area (Å²) in [7, 11) is 1.53. The van der Waals surface area contributed by atoms with Crippen molar-refractivity contribution in [3.05, 3.63) is 52.9 Å². The van der Waals surface area contributed by atoms with E-state index in [0.717, 1.165) is 5.56 Å². The van der Waals surface area contributed by atoms with Gasteiger partial charge in [-0.25, -0.2) is 4.98 Å². The standard InChI is InChI=1S/C13H12ClN3O2/c1-19-13-9(3-2-5-16-13)7-17-12(18)10-8-15-6-4-11(10)14/h2-6,8H,7H2,1H3,(H,17,18). The summed E-state index contributed by atoms with van der Waals surface area (Å²) in [6, 6.07) is 5.18. The smallest absolute Gasteiger partial charge is 0.254 e. The summed E-state index contributed by atoms with van der Waals surface area (Å²) in [5.74, 6) is 0.198. The zero-order valence-corrected chi connectivity index (χ0v) is 11.0. The van der Waals surface area contributed by atoms with Gasteiger partial charge in [0.1, 0.15) is 0 Å². The van der Waals surface area contributed by atoms with E-state index in [9.17, 15) is 4.79 Å². The van der Waals surface area contributed by atoms with Gasteiger partial charge < -0.3 is 10.1 Å². The lowest BCUT2D eigenvalue weighted by atomic mass is 10.2. The largest absolute Gasteiger partial charge is 0.481 e. The van der Waals surface area contributed by atoms with Gasteiger partial charge in [-0.15, -0.1) is 0 Å². The molecule has 2 heterocycles. The summed E-state index contributed by atoms with van der Waals surface area (Å²) in [6.07, 6.45) is 4.59. The molecule has 0 atom stereocenters. The molecule has 0 unspecified atom stereocenters. The summed E-state index contributed by atoms with van der Waals surface area (Å²) in [5, 5.41) is 3.11. The fourth-order valence-electron chi connectivity index (χ4n) is 1.56. The summed E-state index contributed by atoms with van der Waals surface area (Å²) in [5.41, 5.74) is 1.13. The van der Waals surface area contributed by atoms with Crippen molar-refractivity contribution < 1.29 is 9.53 Å². The second-order valence-corrected chi connectivity index (χ2v) is 4.12. The van der Waals surface area contributed by atoms with Gasteiger partial charge in [0.25, 0.3) is 5.91 Å². The molecule has 0 bridgehead atoms. The van der Waals surface area contributed by atoms with Gasteiger partial charge in [-0.2, -0.15) is 0 Å². The monoisotopic (exact) mass is 277 g/mol. The SMILES string of the molecule is COc1ncccc1CNC(=O)c1cnccc1Cl. The van der Waals surface area contributed by atoms with E-state index in [2.05, 4.69) is 15.3 Å². The Balaban J connectivity index is 2.07. The van der Waals surface area contributed by atoms with Gasteiger partial charge in [0.15, 0.2) is 0 Å². The van der Waals surface area contributed by atoms with E-state index in [1.54, 1.807) is 18.3 Å². The topological polar surface area (TPSA) is 64.1 Å². The van der Waals surface area contributed by atoms with Crippen LogP contribution < -0.4 is 10.1 Å². The highest BCUT2D eigenvalue weighted by Gasteiger charge is 2.11. The lowest BCUT2D eigenvalue weighted by molar-refractivity contribution is 0.0950. The van der Waals surface area contributed by atoms with Crippen LogP contribution >= 0.6 is 11.6 Å². The van der Waals surface area contributed by atoms with Gasteiger partial charge in [-0.05, 0) is 12.1 Å². The van der Waals surface area contributed by atoms with Crippen molar-refractivity contribution in [2.45, 2.75) is 6.54 Å². The molecule has 1 amide bonds. The lowest BCUT2D eigenvalue weighted by Gasteiger charge is -2.09. The Hall–Kier alpha value is -2.14. The normalized spacial score (nSPS) is 10.0. The molecule has 2 aromatic rings. The minimum absolute atomic E-state index is 0.288. The van der Waals surface area contributed by atoms with E-state index in [-0.39, 0.29) is 5.91 Å². The minimum atomic E-state index is -0.288. The van der Waals surface area contributed by atoms with E-state index in [1.165, 1.54) is 19.5 Å². The third kappa shape index (κ3) is 3.20. The van der Waals surface area contributed by atoms with Crippen molar-refractivity contribution in [2.24, 2.45) is 0 Å². The first kappa shape index (κ1) is 13.3. The van der Waals surface area contributed by atoms with Gasteiger partial charge in [0.05, 0.1) is 17.7 Å². The maximum Gasteiger partial charge on any atom is 0.254 e. The number of nitrogens with zero attached hydrogens (tertiary/aromatic N) is 2. The number of ether oxygens (including phenoxy) is 1. The van der Waals surface area contributed by atoms with E-state index in [4.69, 9.17) is 16.3 Å². The van der Waals surface area contributed by atoms with Crippen LogP contribution in [0.5, 0.6) is 5.88 Å². The second kappa shape index (κ2) is 6.15. The number of aromatic nitrogens is 2. The molecule has 0 radical (unpaired) electrons. The number of pyridine rings is 2. The first-order valence-corrected chi connectivity index (χ1v) is 5.95. The van der Waals surface area contributed by atoms with Crippen LogP contribution in [-0.4, -0.2) is 23.0 Å². The van der Waals surface area contributed by atoms with Gasteiger partial charge in [0, 0.05) is 30.7 Å². The molecule has 2 aromatic heterocycles. The highest BCUT2D eigenvalue weighted by Crippen LogP contribution is 2.15. The van der Waals surface area contributed by atoms with Crippen molar-refractivity contribution in [2.75, 3.05) is 7.11 Å². The molecule has 0 aromatic carbocycles. The Morgan fingerprint density at radius 3 is 3.00 bits per heavy atom. The molecule has 0 saturated heterocycles. The van der Waals surface area contributed by atoms with Crippen LogP contribution in [0.15, 0.2) is 36.8 Å². The van der Waals surface area contributed by atoms with Crippen LogP contribution in [0.1, 0.15) is 15.9 Å². The Labute approximate surface area is 115 Å². The number of rotatable bonds is 4. The van der Waals surface area contributed by atoms with E-state index >= 15 is 0 Å². The van der Waals surface area contributed by atoms with Gasteiger partial charge in [-0.3, -0.25) is 9.78 Å². The zero-order valence-electron chi connectivity index (χ0n) is 10.3. The fourth-order valence-corrected chi connectivity index (χ4v) is 1.75. The van der Waals surface area contributed by atoms with Crippen LogP contribution in [0.4, 0.5) is 0 Å². The van der Waals surface area contributed by atoms with Crippen molar-refractivity contribution >= 4 is 17.5 Å². The number of carbonyl (C=O) groups is 1. The summed E-state index contributed by atoms with van der Waals surface area (Å²) in [4.78, 5) is 19.9. The van der Waals surface area contributed by atoms with Crippen LogP contribution in [-0.2, 0) is 6.54 Å². The van der Waals surface area contributed by atoms with E-state index < -0.39 is 0 Å². The lowest BCUT2D eigenvalue weighted by Crippen LogP contribution is -2.23. The quantitative estimate of drug-likeness (QED) is 0.929.